The van der Waals surface area contributed by atoms with Gasteiger partial charge in [-0.05, 0) is 67.1 Å². The predicted octanol–water partition coefficient (Wildman–Crippen LogP) is 4.34. The molecule has 2 aromatic carbocycles. The van der Waals surface area contributed by atoms with E-state index >= 15 is 0 Å². The number of benzene rings is 2. The highest BCUT2D eigenvalue weighted by Gasteiger charge is 2.50. The van der Waals surface area contributed by atoms with Crippen molar-refractivity contribution in [2.75, 3.05) is 55.7 Å². The number of nitrogens with zero attached hydrogens (tertiary/aromatic N) is 5. The molecule has 2 N–H and O–H groups in total. The lowest BCUT2D eigenvalue weighted by atomic mass is 9.73. The summed E-state index contributed by atoms with van der Waals surface area (Å²) in [4.78, 5) is 29.9. The number of aryl methyl sites for hydroxylation is 1. The number of ether oxygens (including phenoxy) is 1. The first-order valence-electron chi connectivity index (χ1n) is 15.9. The van der Waals surface area contributed by atoms with E-state index in [1.165, 1.54) is 12.1 Å². The number of phenols is 1. The third-order valence-corrected chi connectivity index (χ3v) is 10.8. The van der Waals surface area contributed by atoms with Crippen LogP contribution < -0.4 is 19.9 Å². The highest BCUT2D eigenvalue weighted by molar-refractivity contribution is 6.16. The molecule has 9 nitrogen and oxygen atoms in total. The second-order valence-corrected chi connectivity index (χ2v) is 13.4. The average molecular weight is 605 g/mol. The highest BCUT2D eigenvalue weighted by atomic mass is 19.1. The number of aromatic nitrogens is 2. The van der Waals surface area contributed by atoms with Crippen LogP contribution in [0.4, 0.5) is 20.3 Å². The highest BCUT2D eigenvalue weighted by Crippen LogP contribution is 2.44. The molecule has 2 unspecified atom stereocenters. The van der Waals surface area contributed by atoms with Gasteiger partial charge in [-0.15, -0.1) is 0 Å². The van der Waals surface area contributed by atoms with Gasteiger partial charge in [0.15, 0.2) is 0 Å². The first kappa shape index (κ1) is 27.9. The quantitative estimate of drug-likeness (QED) is 0.429. The van der Waals surface area contributed by atoms with E-state index in [0.29, 0.717) is 70.5 Å². The maximum Gasteiger partial charge on any atom is 0.318 e. The van der Waals surface area contributed by atoms with Crippen LogP contribution in [0.5, 0.6) is 11.8 Å². The van der Waals surface area contributed by atoms with Gasteiger partial charge in [0.25, 0.3) is 5.91 Å². The molecule has 0 bridgehead atoms. The lowest BCUT2D eigenvalue weighted by Crippen LogP contribution is -2.58. The Labute approximate surface area is 255 Å². The Morgan fingerprint density at radius 3 is 2.70 bits per heavy atom. The number of anilines is 2. The number of hydrogen-bond acceptors (Lipinski definition) is 8. The largest absolute Gasteiger partial charge is 0.508 e. The van der Waals surface area contributed by atoms with Crippen LogP contribution in [-0.2, 0) is 13.0 Å². The van der Waals surface area contributed by atoms with Gasteiger partial charge in [-0.25, -0.2) is 8.78 Å². The van der Waals surface area contributed by atoms with Crippen LogP contribution in [0.25, 0.3) is 10.8 Å². The molecule has 0 aliphatic carbocycles. The summed E-state index contributed by atoms with van der Waals surface area (Å²) in [5.41, 5.74) is 1.87. The summed E-state index contributed by atoms with van der Waals surface area (Å²) in [6.45, 7) is 7.18. The monoisotopic (exact) mass is 604 g/mol. The van der Waals surface area contributed by atoms with Gasteiger partial charge in [0.05, 0.1) is 23.5 Å². The lowest BCUT2D eigenvalue weighted by Gasteiger charge is -2.48. The molecule has 5 aliphatic heterocycles. The molecule has 2 atom stereocenters. The van der Waals surface area contributed by atoms with E-state index in [4.69, 9.17) is 14.7 Å². The fraction of sp³-hybridized carbons (Fsp3) is 0.545. The molecule has 6 heterocycles. The number of phenolic OH excluding ortho intramolecular Hbond substituents is 1. The van der Waals surface area contributed by atoms with E-state index in [1.54, 1.807) is 17.0 Å². The minimum Gasteiger partial charge on any atom is -0.508 e. The summed E-state index contributed by atoms with van der Waals surface area (Å²) in [7, 11) is 0. The van der Waals surface area contributed by atoms with E-state index in [-0.39, 0.29) is 35.6 Å². The van der Waals surface area contributed by atoms with E-state index in [9.17, 15) is 18.7 Å². The van der Waals surface area contributed by atoms with Crippen molar-refractivity contribution < 1.29 is 23.4 Å². The van der Waals surface area contributed by atoms with Crippen molar-refractivity contribution in [1.82, 2.24) is 20.2 Å². The van der Waals surface area contributed by atoms with Gasteiger partial charge >= 0.3 is 6.01 Å². The van der Waals surface area contributed by atoms with Crippen LogP contribution in [0.3, 0.4) is 0 Å². The van der Waals surface area contributed by atoms with Gasteiger partial charge in [0, 0.05) is 50.6 Å². The Hall–Kier alpha value is -3.57. The molecule has 232 valence electrons. The van der Waals surface area contributed by atoms with E-state index < -0.39 is 6.17 Å². The maximum absolute atomic E-state index is 15.0. The van der Waals surface area contributed by atoms with Crippen molar-refractivity contribution in [1.29, 1.82) is 0 Å². The zero-order chi connectivity index (χ0) is 30.2. The van der Waals surface area contributed by atoms with Crippen molar-refractivity contribution in [3.05, 3.63) is 46.9 Å². The second-order valence-electron chi connectivity index (χ2n) is 13.4. The Bertz CT molecular complexity index is 1650. The minimum atomic E-state index is -0.863. The van der Waals surface area contributed by atoms with Crippen LogP contribution >= 0.6 is 0 Å². The third-order valence-electron chi connectivity index (χ3n) is 10.8. The number of halogens is 2. The third kappa shape index (κ3) is 4.34. The summed E-state index contributed by atoms with van der Waals surface area (Å²) in [5, 5.41) is 15.3. The molecule has 4 saturated heterocycles. The van der Waals surface area contributed by atoms with Gasteiger partial charge in [-0.3, -0.25) is 9.69 Å². The summed E-state index contributed by atoms with van der Waals surface area (Å²) >= 11 is 0. The zero-order valence-electron chi connectivity index (χ0n) is 25.0. The summed E-state index contributed by atoms with van der Waals surface area (Å²) in [5.74, 6) is -0.0647. The Morgan fingerprint density at radius 1 is 1.14 bits per heavy atom. The van der Waals surface area contributed by atoms with Crippen molar-refractivity contribution >= 4 is 28.2 Å². The number of carbonyl (C=O) groups excluding carboxylic acids is 1. The summed E-state index contributed by atoms with van der Waals surface area (Å²) in [6.07, 6.45) is 3.90. The number of carbonyl (C=O) groups is 1. The molecule has 1 amide bonds. The first-order valence-corrected chi connectivity index (χ1v) is 15.9. The molecular formula is C33H38F2N6O3. The van der Waals surface area contributed by atoms with Crippen molar-refractivity contribution in [3.63, 3.8) is 0 Å². The molecule has 0 radical (unpaired) electrons. The maximum atomic E-state index is 15.0. The molecule has 1 aromatic heterocycles. The fourth-order valence-electron chi connectivity index (χ4n) is 8.36. The number of nitrogens with one attached hydrogen (secondary N) is 1. The minimum absolute atomic E-state index is 0.00112. The van der Waals surface area contributed by atoms with Crippen LogP contribution in [0.2, 0.25) is 0 Å². The fourth-order valence-corrected chi connectivity index (χ4v) is 8.36. The van der Waals surface area contributed by atoms with Crippen LogP contribution in [0.1, 0.15) is 60.6 Å². The van der Waals surface area contributed by atoms with E-state index in [0.717, 1.165) is 58.4 Å². The molecular weight excluding hydrogens is 566 g/mol. The number of piperidine rings is 1. The molecule has 5 aliphatic rings. The molecule has 44 heavy (non-hydrogen) atoms. The lowest BCUT2D eigenvalue weighted by molar-refractivity contribution is 0.0994. The van der Waals surface area contributed by atoms with E-state index in [1.807, 2.05) is 6.92 Å². The van der Waals surface area contributed by atoms with Crippen LogP contribution in [-0.4, -0.2) is 83.5 Å². The van der Waals surface area contributed by atoms with Crippen LogP contribution in [0.15, 0.2) is 24.3 Å². The predicted molar refractivity (Wildman–Crippen MR) is 163 cm³/mol. The molecule has 4 fully saturated rings. The summed E-state index contributed by atoms with van der Waals surface area (Å²) in [6, 6.07) is 6.36. The molecule has 11 heteroatoms. The van der Waals surface area contributed by atoms with Gasteiger partial charge in [-0.2, -0.15) is 9.97 Å². The average Bonchev–Trinajstić information content (AvgIpc) is 3.64. The standard InChI is InChI=1S/C33H38F2N6O3/c1-2-23-24(35)5-4-20-12-22(42)13-26(27(20)23)41-16-25-28(30(41)43)29(39-10-7-32(8-11-39)17-36-18-32)38-31(37-25)44-19-33-6-3-9-40(33)15-21(34)14-33/h4-5,12-13,21,36,42H,2-3,6-11,14-19H2,1H3. The number of aromatic hydroxyl groups is 1. The van der Waals surface area contributed by atoms with Crippen molar-refractivity contribution in [3.8, 4) is 11.8 Å². The SMILES string of the molecule is CCc1c(F)ccc2cc(O)cc(N3Cc4nc(OCC56CCCN5CC(F)C6)nc(N5CCC6(CC5)CNC6)c4C3=O)c12. The zero-order valence-corrected chi connectivity index (χ0v) is 25.0. The molecule has 8 rings (SSSR count). The van der Waals surface area contributed by atoms with Crippen molar-refractivity contribution in [2.24, 2.45) is 5.41 Å². The van der Waals surface area contributed by atoms with Gasteiger partial charge < -0.3 is 25.0 Å². The molecule has 0 saturated carbocycles. The topological polar surface area (TPSA) is 94.1 Å². The Kier molecular flexibility index (Phi) is 6.50. The number of hydrogen-bond donors (Lipinski definition) is 2. The number of rotatable bonds is 6. The van der Waals surface area contributed by atoms with Gasteiger partial charge in [0.1, 0.15) is 35.7 Å². The number of amides is 1. The Balaban J connectivity index is 1.18. The smallest absolute Gasteiger partial charge is 0.318 e. The van der Waals surface area contributed by atoms with Crippen molar-refractivity contribution in [2.45, 2.75) is 63.7 Å². The second kappa shape index (κ2) is 10.2. The van der Waals surface area contributed by atoms with Crippen LogP contribution in [0, 0.1) is 11.2 Å². The number of fused-ring (bicyclic) bond motifs is 3. The summed E-state index contributed by atoms with van der Waals surface area (Å²) < 4.78 is 35.7. The first-order chi connectivity index (χ1) is 21.3. The number of alkyl halides is 1. The van der Waals surface area contributed by atoms with Gasteiger partial charge in [-0.1, -0.05) is 13.0 Å². The molecule has 3 aromatic rings. The van der Waals surface area contributed by atoms with Gasteiger partial charge in [0.2, 0.25) is 0 Å². The Morgan fingerprint density at radius 2 is 1.95 bits per heavy atom. The normalized spacial score (nSPS) is 26.0. The van der Waals surface area contributed by atoms with E-state index in [2.05, 4.69) is 15.1 Å². The molecule has 1 spiro atoms.